The maximum Gasteiger partial charge on any atom is 0.352 e. The molecule has 1 aromatic rings. The number of aliphatic hydroxyl groups excluding tert-OH is 3. The second-order valence-electron chi connectivity index (χ2n) is 4.37. The fourth-order valence-corrected chi connectivity index (χ4v) is 1.97. The third-order valence-corrected chi connectivity index (χ3v) is 3.11. The van der Waals surface area contributed by atoms with Crippen molar-refractivity contribution in [3.63, 3.8) is 0 Å². The first-order valence-corrected chi connectivity index (χ1v) is 5.54. The summed E-state index contributed by atoms with van der Waals surface area (Å²) in [4.78, 5) is 14.7. The molecule has 0 bridgehead atoms. The largest absolute Gasteiger partial charge is 0.390 e. The average molecular weight is 304 g/mol. The highest BCUT2D eigenvalue weighted by atomic mass is 19.2. The molecule has 0 radical (unpaired) electrons. The third-order valence-electron chi connectivity index (χ3n) is 3.11. The van der Waals surface area contributed by atoms with Gasteiger partial charge in [0.05, 0.1) is 6.20 Å². The van der Waals surface area contributed by atoms with Crippen LogP contribution in [0.1, 0.15) is 0 Å². The molecule has 1 saturated heterocycles. The molecule has 0 aliphatic carbocycles. The van der Waals surface area contributed by atoms with Crippen LogP contribution in [0.25, 0.3) is 0 Å². The van der Waals surface area contributed by atoms with Crippen LogP contribution in [-0.4, -0.2) is 49.5 Å². The molecule has 114 valence electrons. The number of nitrogens with zero attached hydrogens (tertiary/aromatic N) is 3. The van der Waals surface area contributed by atoms with Crippen LogP contribution in [0.5, 0.6) is 0 Å². The Morgan fingerprint density at radius 3 is 2.67 bits per heavy atom. The summed E-state index contributed by atoms with van der Waals surface area (Å²) in [6, 6.07) is 1.28. The number of aromatic nitrogens is 2. The van der Waals surface area contributed by atoms with Crippen LogP contribution in [0.3, 0.4) is 0 Å². The van der Waals surface area contributed by atoms with Crippen molar-refractivity contribution in [2.24, 2.45) is 0 Å². The number of alkyl halides is 1. The Morgan fingerprint density at radius 2 is 2.19 bits per heavy atom. The van der Waals surface area contributed by atoms with Crippen LogP contribution in [0, 0.1) is 17.1 Å². The molecule has 0 amide bonds. The Bertz CT molecular complexity index is 676. The lowest BCUT2D eigenvalue weighted by Gasteiger charge is -2.26. The van der Waals surface area contributed by atoms with Crippen LogP contribution >= 0.6 is 0 Å². The molecule has 4 atom stereocenters. The van der Waals surface area contributed by atoms with Gasteiger partial charge in [-0.1, -0.05) is 0 Å². The summed E-state index contributed by atoms with van der Waals surface area (Å²) in [6.07, 6.45) is -4.26. The fraction of sp³-hybridized carbons (Fsp3) is 0.500. The van der Waals surface area contributed by atoms with Crippen molar-refractivity contribution in [2.75, 3.05) is 12.3 Å². The second-order valence-corrected chi connectivity index (χ2v) is 4.37. The number of anilines is 1. The lowest BCUT2D eigenvalue weighted by molar-refractivity contribution is -0.228. The number of aliphatic hydroxyl groups is 3. The van der Waals surface area contributed by atoms with Gasteiger partial charge in [-0.3, -0.25) is 9.30 Å². The summed E-state index contributed by atoms with van der Waals surface area (Å²) in [5, 5.41) is 37.4. The molecule has 11 heteroatoms. The minimum Gasteiger partial charge on any atom is -0.390 e. The Kier molecular flexibility index (Phi) is 3.42. The summed E-state index contributed by atoms with van der Waals surface area (Å²) in [5.74, 6) is -5.21. The first kappa shape index (κ1) is 15.3. The van der Waals surface area contributed by atoms with Crippen molar-refractivity contribution in [1.29, 1.82) is 5.26 Å². The lowest BCUT2D eigenvalue weighted by Crippen LogP contribution is -2.50. The number of halogens is 2. The average Bonchev–Trinajstić information content (AvgIpc) is 2.65. The minimum absolute atomic E-state index is 0.156. The molecule has 2 rings (SSSR count). The molecule has 1 fully saturated rings. The summed E-state index contributed by atoms with van der Waals surface area (Å²) < 4.78 is 32.2. The summed E-state index contributed by atoms with van der Waals surface area (Å²) in [7, 11) is 0. The molecule has 0 spiro atoms. The van der Waals surface area contributed by atoms with E-state index in [0.717, 1.165) is 0 Å². The van der Waals surface area contributed by atoms with Crippen molar-refractivity contribution in [1.82, 2.24) is 9.55 Å². The first-order valence-electron chi connectivity index (χ1n) is 5.54. The lowest BCUT2D eigenvalue weighted by atomic mass is 10.0. The predicted octanol–water partition coefficient (Wildman–Crippen LogP) is -2.45. The maximum absolute atomic E-state index is 14.1. The number of nitriles is 1. The third kappa shape index (κ3) is 1.96. The van der Waals surface area contributed by atoms with E-state index in [0.29, 0.717) is 6.20 Å². The van der Waals surface area contributed by atoms with Crippen LogP contribution in [0.2, 0.25) is 0 Å². The Hall–Kier alpha value is -2.13. The number of rotatable bonds is 2. The molecule has 0 unspecified atom stereocenters. The van der Waals surface area contributed by atoms with Crippen LogP contribution in [0.4, 0.5) is 14.6 Å². The molecule has 0 saturated carbocycles. The van der Waals surface area contributed by atoms with Gasteiger partial charge in [0.15, 0.2) is 11.6 Å². The zero-order valence-corrected chi connectivity index (χ0v) is 10.3. The van der Waals surface area contributed by atoms with Gasteiger partial charge in [-0.25, -0.2) is 13.6 Å². The molecule has 2 heterocycles. The maximum atomic E-state index is 14.1. The Morgan fingerprint density at radius 1 is 1.57 bits per heavy atom. The van der Waals surface area contributed by atoms with E-state index in [1.165, 1.54) is 6.07 Å². The van der Waals surface area contributed by atoms with Crippen LogP contribution < -0.4 is 11.4 Å². The molecular weight excluding hydrogens is 294 g/mol. The predicted molar refractivity (Wildman–Crippen MR) is 60.5 cm³/mol. The van der Waals surface area contributed by atoms with Gasteiger partial charge >= 0.3 is 5.69 Å². The minimum atomic E-state index is -3.22. The van der Waals surface area contributed by atoms with E-state index < -0.39 is 47.7 Å². The number of nitrogens with two attached hydrogens (primary N) is 1. The Labute approximate surface area is 115 Å². The van der Waals surface area contributed by atoms with E-state index in [1.807, 2.05) is 0 Å². The standard InChI is InChI=1S/C10H10F2N4O5/c11-4-1-16(8(20)15-7(4)14)10(2-13)6(19)5(18)9(12,3-17)21-10/h1,5-6,17-19H,3H2,(H2,14,15,20)/t5-,6+,9+,10+/m0/s1. The van der Waals surface area contributed by atoms with Gasteiger partial charge in [0.2, 0.25) is 0 Å². The zero-order valence-electron chi connectivity index (χ0n) is 10.3. The Balaban J connectivity index is 2.68. The van der Waals surface area contributed by atoms with Crippen molar-refractivity contribution in [3.05, 3.63) is 22.5 Å². The van der Waals surface area contributed by atoms with E-state index in [2.05, 4.69) is 9.72 Å². The summed E-state index contributed by atoms with van der Waals surface area (Å²) in [6.45, 7) is -1.41. The summed E-state index contributed by atoms with van der Waals surface area (Å²) in [5.41, 5.74) is 0.939. The van der Waals surface area contributed by atoms with E-state index in [-0.39, 0.29) is 4.57 Å². The van der Waals surface area contributed by atoms with Gasteiger partial charge in [-0.15, -0.1) is 0 Å². The van der Waals surface area contributed by atoms with Crippen LogP contribution in [-0.2, 0) is 10.5 Å². The van der Waals surface area contributed by atoms with E-state index in [9.17, 15) is 23.8 Å². The van der Waals surface area contributed by atoms with Gasteiger partial charge in [0.1, 0.15) is 24.9 Å². The molecule has 1 aliphatic rings. The van der Waals surface area contributed by atoms with Crippen molar-refractivity contribution in [3.8, 4) is 6.07 Å². The van der Waals surface area contributed by atoms with E-state index >= 15 is 0 Å². The van der Waals surface area contributed by atoms with Gasteiger partial charge in [0.25, 0.3) is 11.6 Å². The van der Waals surface area contributed by atoms with Gasteiger partial charge in [-0.05, 0) is 0 Å². The zero-order chi connectivity index (χ0) is 16.0. The quantitative estimate of drug-likeness (QED) is 0.469. The normalized spacial score (nSPS) is 35.6. The molecule has 1 aromatic heterocycles. The first-order chi connectivity index (χ1) is 9.71. The fourth-order valence-electron chi connectivity index (χ4n) is 1.97. The topological polar surface area (TPSA) is 155 Å². The van der Waals surface area contributed by atoms with Gasteiger partial charge in [0, 0.05) is 0 Å². The van der Waals surface area contributed by atoms with E-state index in [4.69, 9.17) is 16.1 Å². The molecule has 0 aromatic carbocycles. The SMILES string of the molecule is N#C[C@@]1(n2cc(F)c(N)nc2=O)O[C@](F)(CO)[C@@H](O)[C@H]1O. The van der Waals surface area contributed by atoms with Gasteiger partial charge < -0.3 is 21.1 Å². The molecular formula is C10H10F2N4O5. The summed E-state index contributed by atoms with van der Waals surface area (Å²) >= 11 is 0. The molecule has 9 nitrogen and oxygen atoms in total. The number of ether oxygens (including phenoxy) is 1. The molecule has 1 aliphatic heterocycles. The molecule has 5 N–H and O–H groups in total. The smallest absolute Gasteiger partial charge is 0.352 e. The van der Waals surface area contributed by atoms with Crippen molar-refractivity contribution >= 4 is 5.82 Å². The van der Waals surface area contributed by atoms with E-state index in [1.54, 1.807) is 0 Å². The number of nitrogen functional groups attached to an aromatic ring is 1. The molecule has 21 heavy (non-hydrogen) atoms. The van der Waals surface area contributed by atoms with Crippen LogP contribution in [0.15, 0.2) is 11.0 Å². The van der Waals surface area contributed by atoms with Gasteiger partial charge in [-0.2, -0.15) is 10.2 Å². The second kappa shape index (κ2) is 4.71. The highest BCUT2D eigenvalue weighted by Crippen LogP contribution is 2.41. The highest BCUT2D eigenvalue weighted by molar-refractivity contribution is 5.28. The number of hydrogen-bond donors (Lipinski definition) is 4. The van der Waals surface area contributed by atoms with Crippen molar-refractivity contribution < 1.29 is 28.8 Å². The van der Waals surface area contributed by atoms with Crippen molar-refractivity contribution in [2.45, 2.75) is 23.8 Å². The highest BCUT2D eigenvalue weighted by Gasteiger charge is 2.65. The number of hydrogen-bond acceptors (Lipinski definition) is 8. The monoisotopic (exact) mass is 304 g/mol.